The van der Waals surface area contributed by atoms with Crippen LogP contribution in [0.5, 0.6) is 0 Å². The summed E-state index contributed by atoms with van der Waals surface area (Å²) < 4.78 is 7.44. The van der Waals surface area contributed by atoms with E-state index in [1.165, 1.54) is 0 Å². The molecular weight excluding hydrogens is 430 g/mol. The van der Waals surface area contributed by atoms with Crippen molar-refractivity contribution in [3.05, 3.63) is 59.8 Å². The van der Waals surface area contributed by atoms with Crippen LogP contribution in [0.3, 0.4) is 0 Å². The molecule has 3 unspecified atom stereocenters. The summed E-state index contributed by atoms with van der Waals surface area (Å²) in [4.78, 5) is 6.57. The summed E-state index contributed by atoms with van der Waals surface area (Å²) in [5.41, 5.74) is 8.60. The Hall–Kier alpha value is -2.96. The molecule has 5 rings (SSSR count). The van der Waals surface area contributed by atoms with Crippen LogP contribution in [-0.4, -0.2) is 62.1 Å². The lowest BCUT2D eigenvalue weighted by atomic mass is 10.1. The normalized spacial score (nSPS) is 24.2. The van der Waals surface area contributed by atoms with Gasteiger partial charge in [0, 0.05) is 61.7 Å². The predicted octanol–water partition coefficient (Wildman–Crippen LogP) is 2.05. The number of aromatic nitrogens is 3. The third-order valence-corrected chi connectivity index (χ3v) is 6.85. The molecule has 2 aromatic heterocycles. The van der Waals surface area contributed by atoms with Crippen LogP contribution >= 0.6 is 0 Å². The van der Waals surface area contributed by atoms with E-state index in [0.717, 1.165) is 30.8 Å². The van der Waals surface area contributed by atoms with Gasteiger partial charge >= 0.3 is 0 Å². The van der Waals surface area contributed by atoms with Crippen LogP contribution in [0.1, 0.15) is 43.1 Å². The van der Waals surface area contributed by atoms with E-state index in [-0.39, 0.29) is 12.1 Å². The number of hydrogen-bond donors (Lipinski definition) is 3. The molecule has 1 saturated heterocycles. The van der Waals surface area contributed by atoms with Gasteiger partial charge in [-0.25, -0.2) is 4.98 Å². The van der Waals surface area contributed by atoms with Gasteiger partial charge in [-0.2, -0.15) is 0 Å². The number of β-amino-alcohol motifs (C(OH)–C–C–N with tert-alkyl or cyclic N) is 1. The second-order valence-electron chi connectivity index (χ2n) is 9.50. The van der Waals surface area contributed by atoms with Gasteiger partial charge in [0.1, 0.15) is 17.6 Å². The summed E-state index contributed by atoms with van der Waals surface area (Å²) in [5, 5.41) is 23.8. The van der Waals surface area contributed by atoms with Gasteiger partial charge in [-0.1, -0.05) is 17.0 Å². The quantitative estimate of drug-likeness (QED) is 0.462. The van der Waals surface area contributed by atoms with E-state index < -0.39 is 6.10 Å². The number of fused-ring (bicyclic) bond motifs is 1. The molecule has 0 spiro atoms. The predicted molar refractivity (Wildman–Crippen MR) is 127 cm³/mol. The summed E-state index contributed by atoms with van der Waals surface area (Å²) in [7, 11) is 0. The van der Waals surface area contributed by atoms with Crippen molar-refractivity contribution in [2.75, 3.05) is 26.2 Å². The average Bonchev–Trinajstić information content (AvgIpc) is 3.31. The second kappa shape index (κ2) is 9.35. The number of rotatable bonds is 7. The highest BCUT2D eigenvalue weighted by atomic mass is 16.5. The van der Waals surface area contributed by atoms with Crippen LogP contribution in [-0.2, 0) is 0 Å². The number of nitrogens with two attached hydrogens (primary N) is 1. The number of aliphatic hydroxyl groups excluding tert-OH is 2. The standard InChI is InChI=1S/C26H31N5O3/c1-16(32)13-30-14-21-20(22(21)15-30)8-5-18-3-6-19(7-4-18)25-11-23(29-34-25)24(12-27)31-10-9-28-26(31)17(2)33/h3-4,6-7,9-11,16-17,20-22,24,32-33H,12-15,27H2,1-2H3/t16?,17-,20?,21?,22?,24+/m0/s1. The lowest BCUT2D eigenvalue weighted by Crippen LogP contribution is -2.31. The van der Waals surface area contributed by atoms with E-state index in [2.05, 4.69) is 26.9 Å². The minimum atomic E-state index is -0.706. The van der Waals surface area contributed by atoms with Crippen LogP contribution in [0, 0.1) is 29.6 Å². The Kier molecular flexibility index (Phi) is 6.28. The topological polar surface area (TPSA) is 114 Å². The highest BCUT2D eigenvalue weighted by molar-refractivity contribution is 5.59. The Morgan fingerprint density at radius 2 is 1.91 bits per heavy atom. The first-order chi connectivity index (χ1) is 16.4. The summed E-state index contributed by atoms with van der Waals surface area (Å²) in [6.45, 7) is 6.67. The first kappa shape index (κ1) is 22.8. The first-order valence-corrected chi connectivity index (χ1v) is 11.8. The SMILES string of the molecule is CC(O)CN1CC2C(C#Cc3ccc(-c4cc([C@@H](CN)n5ccnc5[C@H](C)O)no4)cc3)C2C1. The molecule has 2 aliphatic rings. The molecule has 1 saturated carbocycles. The monoisotopic (exact) mass is 461 g/mol. The maximum Gasteiger partial charge on any atom is 0.167 e. The molecule has 8 nitrogen and oxygen atoms in total. The molecule has 3 heterocycles. The largest absolute Gasteiger partial charge is 0.392 e. The van der Waals surface area contributed by atoms with Crippen LogP contribution in [0.4, 0.5) is 0 Å². The van der Waals surface area contributed by atoms with Crippen molar-refractivity contribution < 1.29 is 14.7 Å². The fraction of sp³-hybridized carbons (Fsp3) is 0.462. The van der Waals surface area contributed by atoms with E-state index in [1.807, 2.05) is 41.8 Å². The molecule has 4 N–H and O–H groups in total. The minimum Gasteiger partial charge on any atom is -0.392 e. The van der Waals surface area contributed by atoms with Crippen LogP contribution in [0.2, 0.25) is 0 Å². The molecule has 3 aromatic rings. The third kappa shape index (κ3) is 4.52. The zero-order chi connectivity index (χ0) is 23.8. The second-order valence-corrected chi connectivity index (χ2v) is 9.50. The van der Waals surface area contributed by atoms with Crippen LogP contribution in [0.15, 0.2) is 47.2 Å². The Morgan fingerprint density at radius 1 is 1.18 bits per heavy atom. The fourth-order valence-electron chi connectivity index (χ4n) is 5.11. The Labute approximate surface area is 199 Å². The third-order valence-electron chi connectivity index (χ3n) is 6.85. The Morgan fingerprint density at radius 3 is 2.56 bits per heavy atom. The van der Waals surface area contributed by atoms with Gasteiger partial charge in [0.15, 0.2) is 5.76 Å². The molecule has 1 aliphatic heterocycles. The number of aliphatic hydroxyl groups is 2. The number of benzene rings is 1. The molecule has 1 aromatic carbocycles. The van der Waals surface area contributed by atoms with E-state index in [0.29, 0.717) is 41.6 Å². The van der Waals surface area contributed by atoms with Crippen molar-refractivity contribution in [3.8, 4) is 23.2 Å². The highest BCUT2D eigenvalue weighted by Gasteiger charge is 2.54. The van der Waals surface area contributed by atoms with Gasteiger partial charge in [0.05, 0.1) is 12.1 Å². The number of piperidine rings is 1. The molecular formula is C26H31N5O3. The lowest BCUT2D eigenvalue weighted by molar-refractivity contribution is 0.132. The number of imidazole rings is 1. The number of nitrogens with zero attached hydrogens (tertiary/aromatic N) is 4. The molecule has 0 bridgehead atoms. The van der Waals surface area contributed by atoms with Crippen molar-refractivity contribution in [3.63, 3.8) is 0 Å². The molecule has 34 heavy (non-hydrogen) atoms. The number of likely N-dealkylation sites (tertiary alicyclic amines) is 1. The highest BCUT2D eigenvalue weighted by Crippen LogP contribution is 2.51. The zero-order valence-electron chi connectivity index (χ0n) is 19.5. The zero-order valence-corrected chi connectivity index (χ0v) is 19.5. The molecule has 0 amide bonds. The van der Waals surface area contributed by atoms with Crippen molar-refractivity contribution in [2.24, 2.45) is 23.5 Å². The van der Waals surface area contributed by atoms with E-state index in [9.17, 15) is 10.2 Å². The van der Waals surface area contributed by atoms with E-state index in [1.54, 1.807) is 19.3 Å². The summed E-state index contributed by atoms with van der Waals surface area (Å²) in [6.07, 6.45) is 2.46. The maximum absolute atomic E-state index is 9.97. The summed E-state index contributed by atoms with van der Waals surface area (Å²) >= 11 is 0. The summed E-state index contributed by atoms with van der Waals surface area (Å²) in [6, 6.07) is 9.59. The van der Waals surface area contributed by atoms with Crippen LogP contribution < -0.4 is 5.73 Å². The van der Waals surface area contributed by atoms with Gasteiger partial charge in [-0.3, -0.25) is 0 Å². The minimum absolute atomic E-state index is 0.269. The molecule has 178 valence electrons. The molecule has 2 fully saturated rings. The van der Waals surface area contributed by atoms with E-state index in [4.69, 9.17) is 10.3 Å². The average molecular weight is 462 g/mol. The lowest BCUT2D eigenvalue weighted by Gasteiger charge is -2.19. The van der Waals surface area contributed by atoms with Gasteiger partial charge in [-0.15, -0.1) is 0 Å². The maximum atomic E-state index is 9.97. The Bertz CT molecular complexity index is 1170. The van der Waals surface area contributed by atoms with Gasteiger partial charge in [0.2, 0.25) is 0 Å². The molecule has 8 heteroatoms. The van der Waals surface area contributed by atoms with Gasteiger partial charge in [0.25, 0.3) is 0 Å². The fourth-order valence-corrected chi connectivity index (χ4v) is 5.11. The van der Waals surface area contributed by atoms with E-state index >= 15 is 0 Å². The van der Waals surface area contributed by atoms with Crippen molar-refractivity contribution in [2.45, 2.75) is 32.1 Å². The summed E-state index contributed by atoms with van der Waals surface area (Å²) in [5.74, 6) is 9.74. The molecule has 5 atom stereocenters. The van der Waals surface area contributed by atoms with Crippen molar-refractivity contribution >= 4 is 0 Å². The first-order valence-electron chi connectivity index (χ1n) is 11.8. The van der Waals surface area contributed by atoms with Crippen LogP contribution in [0.25, 0.3) is 11.3 Å². The molecule has 1 aliphatic carbocycles. The Balaban J connectivity index is 1.24. The van der Waals surface area contributed by atoms with Crippen molar-refractivity contribution in [1.29, 1.82) is 0 Å². The molecule has 0 radical (unpaired) electrons. The van der Waals surface area contributed by atoms with Crippen molar-refractivity contribution in [1.82, 2.24) is 19.6 Å². The number of hydrogen-bond acceptors (Lipinski definition) is 7. The smallest absolute Gasteiger partial charge is 0.167 e. The van der Waals surface area contributed by atoms with Gasteiger partial charge < -0.3 is 29.9 Å². The van der Waals surface area contributed by atoms with Gasteiger partial charge in [-0.05, 0) is 49.9 Å².